The third kappa shape index (κ3) is 3.60. The molecule has 0 amide bonds. The lowest BCUT2D eigenvalue weighted by Crippen LogP contribution is -2.15. The minimum Gasteiger partial charge on any atom is -0.467 e. The Morgan fingerprint density at radius 2 is 2.15 bits per heavy atom. The van der Waals surface area contributed by atoms with Crippen molar-refractivity contribution in [2.75, 3.05) is 19.2 Å². The second-order valence-corrected chi connectivity index (χ2v) is 5.84. The Morgan fingerprint density at radius 3 is 2.85 bits per heavy atom. The first-order valence-corrected chi connectivity index (χ1v) is 7.93. The van der Waals surface area contributed by atoms with Crippen LogP contribution in [-0.2, 0) is 22.6 Å². The lowest BCUT2D eigenvalue weighted by molar-refractivity contribution is -0.385. The fraction of sp³-hybridized carbons (Fsp3) is 0.278. The number of esters is 1. The third-order valence-corrected chi connectivity index (χ3v) is 4.10. The van der Waals surface area contributed by atoms with E-state index >= 15 is 0 Å². The molecular weight excluding hydrogens is 340 g/mol. The Balaban J connectivity index is 1.84. The monoisotopic (exact) mass is 358 g/mol. The van der Waals surface area contributed by atoms with Gasteiger partial charge in [-0.25, -0.2) is 4.79 Å². The fourth-order valence-electron chi connectivity index (χ4n) is 2.81. The normalized spacial score (nSPS) is 12.7. The van der Waals surface area contributed by atoms with Gasteiger partial charge in [-0.2, -0.15) is 0 Å². The number of benzene rings is 2. The van der Waals surface area contributed by atoms with Gasteiger partial charge < -0.3 is 19.5 Å². The smallest absolute Gasteiger partial charge is 0.337 e. The molecule has 136 valence electrons. The van der Waals surface area contributed by atoms with Gasteiger partial charge in [0.2, 0.25) is 0 Å². The minimum atomic E-state index is -0.436. The van der Waals surface area contributed by atoms with E-state index in [1.807, 2.05) is 6.92 Å². The number of nitro benzene ring substituents is 1. The molecule has 1 aliphatic rings. The molecule has 0 atom stereocenters. The fourth-order valence-corrected chi connectivity index (χ4v) is 2.81. The van der Waals surface area contributed by atoms with Gasteiger partial charge in [0.1, 0.15) is 5.75 Å². The average molecular weight is 358 g/mol. The zero-order chi connectivity index (χ0) is 18.7. The van der Waals surface area contributed by atoms with Crippen LogP contribution in [0, 0.1) is 17.0 Å². The number of carbonyl (C=O) groups is 1. The summed E-state index contributed by atoms with van der Waals surface area (Å²) in [5.41, 5.74) is 3.45. The zero-order valence-electron chi connectivity index (χ0n) is 14.4. The Hall–Kier alpha value is -3.13. The Labute approximate surface area is 149 Å². The number of methoxy groups -OCH3 is 1. The Morgan fingerprint density at radius 1 is 1.35 bits per heavy atom. The number of hydrogen-bond donors (Lipinski definition) is 1. The van der Waals surface area contributed by atoms with Gasteiger partial charge in [0, 0.05) is 35.5 Å². The molecule has 1 N–H and O–H groups in total. The van der Waals surface area contributed by atoms with E-state index < -0.39 is 10.9 Å². The van der Waals surface area contributed by atoms with Crippen LogP contribution >= 0.6 is 0 Å². The van der Waals surface area contributed by atoms with Crippen LogP contribution in [0.5, 0.6) is 5.75 Å². The molecule has 0 radical (unpaired) electrons. The molecule has 1 aliphatic heterocycles. The first kappa shape index (κ1) is 17.7. The SMILES string of the molecule is COC(=O)c1ccc(NCc2cc([N+](=O)[O-])cc3c2OCOC3)c(C)c1. The number of fused-ring (bicyclic) bond motifs is 1. The molecule has 0 fully saturated rings. The summed E-state index contributed by atoms with van der Waals surface area (Å²) in [5.74, 6) is 0.207. The first-order valence-electron chi connectivity index (χ1n) is 7.93. The number of hydrogen-bond acceptors (Lipinski definition) is 7. The van der Waals surface area contributed by atoms with Crippen molar-refractivity contribution in [3.05, 3.63) is 62.7 Å². The topological polar surface area (TPSA) is 99.9 Å². The molecule has 2 aromatic carbocycles. The zero-order valence-corrected chi connectivity index (χ0v) is 14.4. The number of non-ortho nitro benzene ring substituents is 1. The van der Waals surface area contributed by atoms with Crippen LogP contribution in [0.2, 0.25) is 0 Å². The maximum atomic E-state index is 11.6. The highest BCUT2D eigenvalue weighted by Crippen LogP contribution is 2.33. The van der Waals surface area contributed by atoms with Crippen LogP contribution < -0.4 is 10.1 Å². The number of aryl methyl sites for hydroxylation is 1. The molecule has 3 rings (SSSR count). The molecule has 0 bridgehead atoms. The van der Waals surface area contributed by atoms with Gasteiger partial charge in [-0.15, -0.1) is 0 Å². The number of rotatable bonds is 5. The number of nitrogens with zero attached hydrogens (tertiary/aromatic N) is 1. The van der Waals surface area contributed by atoms with Gasteiger partial charge >= 0.3 is 5.97 Å². The van der Waals surface area contributed by atoms with Gasteiger partial charge in [-0.1, -0.05) is 0 Å². The van der Waals surface area contributed by atoms with Crippen LogP contribution in [0.3, 0.4) is 0 Å². The van der Waals surface area contributed by atoms with Crippen molar-refractivity contribution < 1.29 is 23.9 Å². The summed E-state index contributed by atoms with van der Waals surface area (Å²) in [6, 6.07) is 8.12. The van der Waals surface area contributed by atoms with Gasteiger partial charge in [0.25, 0.3) is 5.69 Å². The van der Waals surface area contributed by atoms with Crippen molar-refractivity contribution in [3.8, 4) is 5.75 Å². The van der Waals surface area contributed by atoms with E-state index in [0.717, 1.165) is 11.3 Å². The van der Waals surface area contributed by atoms with Gasteiger partial charge in [0.15, 0.2) is 6.79 Å². The summed E-state index contributed by atoms with van der Waals surface area (Å²) in [6.45, 7) is 2.59. The van der Waals surface area contributed by atoms with Gasteiger partial charge in [0.05, 0.1) is 24.2 Å². The quantitative estimate of drug-likeness (QED) is 0.498. The summed E-state index contributed by atoms with van der Waals surface area (Å²) in [7, 11) is 1.33. The number of nitrogens with one attached hydrogen (secondary N) is 1. The summed E-state index contributed by atoms with van der Waals surface area (Å²) >= 11 is 0. The second kappa shape index (κ2) is 7.40. The first-order chi connectivity index (χ1) is 12.5. The number of ether oxygens (including phenoxy) is 3. The van der Waals surface area contributed by atoms with Crippen LogP contribution in [0.15, 0.2) is 30.3 Å². The van der Waals surface area contributed by atoms with Crippen LogP contribution in [0.25, 0.3) is 0 Å². The van der Waals surface area contributed by atoms with Crippen molar-refractivity contribution >= 4 is 17.3 Å². The highest BCUT2D eigenvalue weighted by molar-refractivity contribution is 5.90. The average Bonchev–Trinajstić information content (AvgIpc) is 2.65. The van der Waals surface area contributed by atoms with Gasteiger partial charge in [-0.05, 0) is 30.7 Å². The van der Waals surface area contributed by atoms with E-state index in [-0.39, 0.29) is 19.1 Å². The van der Waals surface area contributed by atoms with Crippen molar-refractivity contribution in [1.29, 1.82) is 0 Å². The number of nitro groups is 1. The van der Waals surface area contributed by atoms with E-state index in [1.165, 1.54) is 19.2 Å². The molecular formula is C18H18N2O6. The van der Waals surface area contributed by atoms with E-state index in [1.54, 1.807) is 18.2 Å². The summed E-state index contributed by atoms with van der Waals surface area (Å²) in [5, 5.41) is 14.4. The highest BCUT2D eigenvalue weighted by atomic mass is 16.7. The van der Waals surface area contributed by atoms with E-state index in [9.17, 15) is 14.9 Å². The molecule has 2 aromatic rings. The van der Waals surface area contributed by atoms with E-state index in [2.05, 4.69) is 5.32 Å². The number of carbonyl (C=O) groups excluding carboxylic acids is 1. The van der Waals surface area contributed by atoms with Crippen LogP contribution in [0.1, 0.15) is 27.0 Å². The predicted octanol–water partition coefficient (Wildman–Crippen LogP) is 3.17. The lowest BCUT2D eigenvalue weighted by atomic mass is 10.1. The molecule has 0 spiro atoms. The maximum Gasteiger partial charge on any atom is 0.337 e. The highest BCUT2D eigenvalue weighted by Gasteiger charge is 2.21. The van der Waals surface area contributed by atoms with Crippen LogP contribution in [-0.4, -0.2) is 24.8 Å². The van der Waals surface area contributed by atoms with Crippen molar-refractivity contribution in [3.63, 3.8) is 0 Å². The molecule has 0 unspecified atom stereocenters. The molecule has 0 saturated heterocycles. The van der Waals surface area contributed by atoms with Crippen molar-refractivity contribution in [2.24, 2.45) is 0 Å². The van der Waals surface area contributed by atoms with Gasteiger partial charge in [-0.3, -0.25) is 10.1 Å². The molecule has 0 aromatic heterocycles. The van der Waals surface area contributed by atoms with E-state index in [0.29, 0.717) is 29.0 Å². The van der Waals surface area contributed by atoms with Crippen molar-refractivity contribution in [2.45, 2.75) is 20.1 Å². The van der Waals surface area contributed by atoms with E-state index in [4.69, 9.17) is 14.2 Å². The van der Waals surface area contributed by atoms with Crippen LogP contribution in [0.4, 0.5) is 11.4 Å². The lowest BCUT2D eigenvalue weighted by Gasteiger charge is -2.21. The summed E-state index contributed by atoms with van der Waals surface area (Å²) < 4.78 is 15.4. The maximum absolute atomic E-state index is 11.6. The second-order valence-electron chi connectivity index (χ2n) is 5.84. The third-order valence-electron chi connectivity index (χ3n) is 4.10. The number of anilines is 1. The predicted molar refractivity (Wildman–Crippen MR) is 93.2 cm³/mol. The molecule has 0 aliphatic carbocycles. The summed E-state index contributed by atoms with van der Waals surface area (Å²) in [4.78, 5) is 22.3. The molecule has 0 saturated carbocycles. The standard InChI is InChI=1S/C18H18N2O6/c1-11-5-12(18(21)24-2)3-4-16(11)19-8-13-6-15(20(22)23)7-14-9-25-10-26-17(13)14/h3-7,19H,8-10H2,1-2H3. The summed E-state index contributed by atoms with van der Waals surface area (Å²) in [6.07, 6.45) is 0. The molecule has 8 nitrogen and oxygen atoms in total. The molecule has 8 heteroatoms. The molecule has 1 heterocycles. The minimum absolute atomic E-state index is 0.00703. The largest absolute Gasteiger partial charge is 0.467 e. The van der Waals surface area contributed by atoms with Crippen molar-refractivity contribution in [1.82, 2.24) is 0 Å². The Kier molecular flexibility index (Phi) is 5.04. The Bertz CT molecular complexity index is 865. The molecule has 26 heavy (non-hydrogen) atoms.